The van der Waals surface area contributed by atoms with Gasteiger partial charge in [0.25, 0.3) is 5.91 Å². The molecule has 0 saturated carbocycles. The number of carbonyl (C=O) groups is 1. The molecule has 1 aliphatic carbocycles. The Balaban J connectivity index is 1.57. The highest BCUT2D eigenvalue weighted by atomic mass is 16.2. The van der Waals surface area contributed by atoms with Crippen LogP contribution in [0.4, 0.5) is 0 Å². The number of nitrogens with zero attached hydrogens (tertiary/aromatic N) is 5. The van der Waals surface area contributed by atoms with Gasteiger partial charge in [-0.25, -0.2) is 9.97 Å². The minimum absolute atomic E-state index is 0.113. The molecular weight excluding hydrogens is 314 g/mol. The van der Waals surface area contributed by atoms with Crippen molar-refractivity contribution in [3.05, 3.63) is 40.7 Å². The molecule has 1 amide bonds. The molecule has 1 fully saturated rings. The van der Waals surface area contributed by atoms with Crippen LogP contribution in [-0.4, -0.2) is 43.6 Å². The van der Waals surface area contributed by atoms with Crippen LogP contribution in [0.25, 0.3) is 0 Å². The third kappa shape index (κ3) is 2.73. The maximum absolute atomic E-state index is 13.0. The van der Waals surface area contributed by atoms with E-state index in [4.69, 9.17) is 4.98 Å². The van der Waals surface area contributed by atoms with Crippen molar-refractivity contribution >= 4 is 5.91 Å². The first-order valence-electron chi connectivity index (χ1n) is 9.22. The number of rotatable bonds is 3. The number of hydrogen-bond donors (Lipinski definition) is 0. The molecule has 0 radical (unpaired) electrons. The van der Waals surface area contributed by atoms with Gasteiger partial charge in [0, 0.05) is 37.4 Å². The summed E-state index contributed by atoms with van der Waals surface area (Å²) < 4.78 is 1.93. The second-order valence-corrected chi connectivity index (χ2v) is 7.31. The molecule has 4 rings (SSSR count). The highest BCUT2D eigenvalue weighted by Gasteiger charge is 2.41. The van der Waals surface area contributed by atoms with Crippen molar-refractivity contribution in [3.8, 4) is 0 Å². The minimum atomic E-state index is 0.113. The van der Waals surface area contributed by atoms with Crippen molar-refractivity contribution in [2.75, 3.05) is 13.1 Å². The van der Waals surface area contributed by atoms with Crippen LogP contribution in [0.3, 0.4) is 0 Å². The van der Waals surface area contributed by atoms with Crippen LogP contribution in [0.2, 0.25) is 0 Å². The molecule has 0 unspecified atom stereocenters. The van der Waals surface area contributed by atoms with Gasteiger partial charge in [-0.05, 0) is 44.6 Å². The van der Waals surface area contributed by atoms with E-state index in [0.29, 0.717) is 11.8 Å². The fraction of sp³-hybridized carbons (Fsp3) is 0.579. The molecule has 2 aromatic rings. The van der Waals surface area contributed by atoms with Crippen molar-refractivity contribution in [1.82, 2.24) is 24.6 Å². The molecule has 2 aliphatic rings. The molecule has 6 heteroatoms. The van der Waals surface area contributed by atoms with Gasteiger partial charge in [-0.2, -0.15) is 5.10 Å². The molecular formula is C19H25N5O. The number of hydrogen-bond acceptors (Lipinski definition) is 4. The zero-order valence-corrected chi connectivity index (χ0v) is 15.2. The van der Waals surface area contributed by atoms with Crippen molar-refractivity contribution in [2.45, 2.75) is 52.5 Å². The molecule has 0 bridgehead atoms. The van der Waals surface area contributed by atoms with Gasteiger partial charge < -0.3 is 4.90 Å². The third-order valence-corrected chi connectivity index (χ3v) is 5.65. The third-order valence-electron chi connectivity index (χ3n) is 5.65. The zero-order chi connectivity index (χ0) is 17.6. The van der Waals surface area contributed by atoms with Gasteiger partial charge >= 0.3 is 0 Å². The Bertz CT molecular complexity index is 812. The Morgan fingerprint density at radius 3 is 2.92 bits per heavy atom. The van der Waals surface area contributed by atoms with E-state index in [2.05, 4.69) is 17.0 Å². The molecule has 2 atom stereocenters. The summed E-state index contributed by atoms with van der Waals surface area (Å²) in [6.07, 6.45) is 6.85. The van der Waals surface area contributed by atoms with Crippen molar-refractivity contribution in [3.63, 3.8) is 0 Å². The SMILES string of the molecule is CCCn1ncc(C(=O)N2C[C@H]3CCc4cnc(C)nc4[C@H]3C2)c1C. The molecule has 6 nitrogen and oxygen atoms in total. The Morgan fingerprint density at radius 1 is 1.28 bits per heavy atom. The van der Waals surface area contributed by atoms with E-state index in [0.717, 1.165) is 61.7 Å². The maximum atomic E-state index is 13.0. The van der Waals surface area contributed by atoms with Crippen LogP contribution in [0.5, 0.6) is 0 Å². The number of aromatic nitrogens is 4. The number of fused-ring (bicyclic) bond motifs is 3. The second kappa shape index (κ2) is 6.24. The van der Waals surface area contributed by atoms with E-state index in [9.17, 15) is 4.79 Å². The van der Waals surface area contributed by atoms with Crippen molar-refractivity contribution < 1.29 is 4.79 Å². The topological polar surface area (TPSA) is 63.9 Å². The molecule has 0 aromatic carbocycles. The predicted octanol–water partition coefficient (Wildman–Crippen LogP) is 2.50. The summed E-state index contributed by atoms with van der Waals surface area (Å²) in [7, 11) is 0. The summed E-state index contributed by atoms with van der Waals surface area (Å²) in [5.41, 5.74) is 4.14. The number of likely N-dealkylation sites (tertiary alicyclic amines) is 1. The van der Waals surface area contributed by atoms with Crippen molar-refractivity contribution in [1.29, 1.82) is 0 Å². The lowest BCUT2D eigenvalue weighted by molar-refractivity contribution is 0.0785. The summed E-state index contributed by atoms with van der Waals surface area (Å²) in [5.74, 6) is 1.79. The smallest absolute Gasteiger partial charge is 0.257 e. The van der Waals surface area contributed by atoms with E-state index in [1.807, 2.05) is 29.6 Å². The van der Waals surface area contributed by atoms with Gasteiger partial charge in [-0.1, -0.05) is 6.92 Å². The van der Waals surface area contributed by atoms with Crippen LogP contribution >= 0.6 is 0 Å². The lowest BCUT2D eigenvalue weighted by Gasteiger charge is -2.25. The molecule has 2 aromatic heterocycles. The van der Waals surface area contributed by atoms with Gasteiger partial charge in [0.05, 0.1) is 17.5 Å². The van der Waals surface area contributed by atoms with E-state index in [-0.39, 0.29) is 5.91 Å². The van der Waals surface area contributed by atoms with Crippen LogP contribution in [-0.2, 0) is 13.0 Å². The number of carbonyl (C=O) groups excluding carboxylic acids is 1. The summed E-state index contributed by atoms with van der Waals surface area (Å²) in [4.78, 5) is 24.1. The van der Waals surface area contributed by atoms with E-state index < -0.39 is 0 Å². The summed E-state index contributed by atoms with van der Waals surface area (Å²) in [5, 5.41) is 4.38. The monoisotopic (exact) mass is 339 g/mol. The van der Waals surface area contributed by atoms with Gasteiger partial charge in [0.2, 0.25) is 0 Å². The number of aryl methyl sites for hydroxylation is 3. The van der Waals surface area contributed by atoms with Gasteiger partial charge in [-0.15, -0.1) is 0 Å². The van der Waals surface area contributed by atoms with E-state index >= 15 is 0 Å². The fourth-order valence-corrected chi connectivity index (χ4v) is 4.27. The molecule has 132 valence electrons. The Morgan fingerprint density at radius 2 is 2.12 bits per heavy atom. The highest BCUT2D eigenvalue weighted by molar-refractivity contribution is 5.95. The normalized spacial score (nSPS) is 22.0. The largest absolute Gasteiger partial charge is 0.338 e. The van der Waals surface area contributed by atoms with Crippen LogP contribution in [0, 0.1) is 19.8 Å². The zero-order valence-electron chi connectivity index (χ0n) is 15.2. The molecule has 0 spiro atoms. The summed E-state index contributed by atoms with van der Waals surface area (Å²) in [6, 6.07) is 0. The van der Waals surface area contributed by atoms with Crippen LogP contribution < -0.4 is 0 Å². The van der Waals surface area contributed by atoms with Gasteiger partial charge in [0.15, 0.2) is 0 Å². The first-order valence-corrected chi connectivity index (χ1v) is 9.22. The highest BCUT2D eigenvalue weighted by Crippen LogP contribution is 2.40. The summed E-state index contributed by atoms with van der Waals surface area (Å²) in [6.45, 7) is 8.48. The summed E-state index contributed by atoms with van der Waals surface area (Å²) >= 11 is 0. The molecule has 3 heterocycles. The second-order valence-electron chi connectivity index (χ2n) is 7.31. The minimum Gasteiger partial charge on any atom is -0.338 e. The van der Waals surface area contributed by atoms with Crippen LogP contribution in [0.15, 0.2) is 12.4 Å². The first kappa shape index (κ1) is 16.2. The molecule has 1 aliphatic heterocycles. The van der Waals surface area contributed by atoms with Crippen LogP contribution in [0.1, 0.15) is 58.8 Å². The quantitative estimate of drug-likeness (QED) is 0.862. The Labute approximate surface area is 148 Å². The maximum Gasteiger partial charge on any atom is 0.257 e. The van der Waals surface area contributed by atoms with Crippen molar-refractivity contribution in [2.24, 2.45) is 5.92 Å². The van der Waals surface area contributed by atoms with E-state index in [1.165, 1.54) is 5.56 Å². The van der Waals surface area contributed by atoms with Gasteiger partial charge in [0.1, 0.15) is 5.82 Å². The molecule has 25 heavy (non-hydrogen) atoms. The first-order chi connectivity index (χ1) is 12.1. The lowest BCUT2D eigenvalue weighted by atomic mass is 9.80. The van der Waals surface area contributed by atoms with E-state index in [1.54, 1.807) is 6.20 Å². The Hall–Kier alpha value is -2.24. The predicted molar refractivity (Wildman–Crippen MR) is 94.5 cm³/mol. The molecule has 0 N–H and O–H groups in total. The average Bonchev–Trinajstić information content (AvgIpc) is 3.19. The van der Waals surface area contributed by atoms with Gasteiger partial charge in [-0.3, -0.25) is 9.48 Å². The molecule has 1 saturated heterocycles. The fourth-order valence-electron chi connectivity index (χ4n) is 4.27. The standard InChI is InChI=1S/C19H25N5O/c1-4-7-24-12(2)16(9-21-24)19(25)23-10-15-6-5-14-8-20-13(3)22-18(14)17(15)11-23/h8-9,15,17H,4-7,10-11H2,1-3H3/t15-,17+/m1/s1. The number of amides is 1. The average molecular weight is 339 g/mol. The lowest BCUT2D eigenvalue weighted by Crippen LogP contribution is -2.29. The Kier molecular flexibility index (Phi) is 4.06.